The van der Waals surface area contributed by atoms with Crippen LogP contribution >= 0.6 is 0 Å². The Labute approximate surface area is 161 Å². The molecule has 1 aromatic carbocycles. The molecular formula is C21H21N5O2. The van der Waals surface area contributed by atoms with E-state index in [4.69, 9.17) is 4.74 Å². The van der Waals surface area contributed by atoms with Gasteiger partial charge in [0, 0.05) is 42.4 Å². The molecule has 4 heterocycles. The summed E-state index contributed by atoms with van der Waals surface area (Å²) >= 11 is 0. The van der Waals surface area contributed by atoms with Crippen molar-refractivity contribution < 1.29 is 4.74 Å². The van der Waals surface area contributed by atoms with Crippen molar-refractivity contribution in [3.8, 4) is 0 Å². The maximum atomic E-state index is 13.1. The van der Waals surface area contributed by atoms with Crippen LogP contribution in [-0.2, 0) is 17.7 Å². The second-order valence-corrected chi connectivity index (χ2v) is 7.18. The van der Waals surface area contributed by atoms with E-state index in [9.17, 15) is 4.79 Å². The third-order valence-electron chi connectivity index (χ3n) is 5.16. The number of benzene rings is 1. The number of aryl methyl sites for hydroxylation is 2. The number of ether oxygens (including phenoxy) is 1. The van der Waals surface area contributed by atoms with E-state index in [-0.39, 0.29) is 5.56 Å². The molecule has 1 aliphatic heterocycles. The summed E-state index contributed by atoms with van der Waals surface area (Å²) in [6.45, 7) is 2.86. The van der Waals surface area contributed by atoms with Crippen molar-refractivity contribution in [2.75, 3.05) is 25.1 Å². The van der Waals surface area contributed by atoms with Gasteiger partial charge >= 0.3 is 0 Å². The normalized spacial score (nSPS) is 14.4. The monoisotopic (exact) mass is 375 g/mol. The van der Waals surface area contributed by atoms with Gasteiger partial charge in [-0.2, -0.15) is 5.10 Å². The molecule has 0 radical (unpaired) electrons. The number of imidazole rings is 1. The number of hydrogen-bond acceptors (Lipinski definition) is 5. The Hall–Kier alpha value is -3.19. The molecule has 4 aromatic rings. The molecule has 1 aliphatic rings. The molecule has 0 bridgehead atoms. The molecule has 7 nitrogen and oxygen atoms in total. The highest BCUT2D eigenvalue weighted by Gasteiger charge is 2.18. The Morgan fingerprint density at radius 3 is 2.93 bits per heavy atom. The second kappa shape index (κ2) is 7.09. The largest absolute Gasteiger partial charge is 0.384 e. The van der Waals surface area contributed by atoms with Crippen molar-refractivity contribution >= 4 is 22.1 Å². The maximum absolute atomic E-state index is 13.1. The van der Waals surface area contributed by atoms with Crippen molar-refractivity contribution in [1.82, 2.24) is 19.2 Å². The van der Waals surface area contributed by atoms with E-state index in [1.54, 1.807) is 6.20 Å². The number of pyridine rings is 1. The van der Waals surface area contributed by atoms with E-state index in [1.165, 1.54) is 4.68 Å². The summed E-state index contributed by atoms with van der Waals surface area (Å²) in [7, 11) is 0. The maximum Gasteiger partial charge on any atom is 0.276 e. The molecule has 0 spiro atoms. The molecule has 0 atom stereocenters. The van der Waals surface area contributed by atoms with Gasteiger partial charge < -0.3 is 14.5 Å². The molecule has 3 aromatic heterocycles. The van der Waals surface area contributed by atoms with Crippen LogP contribution in [0, 0.1) is 5.92 Å². The van der Waals surface area contributed by atoms with Crippen molar-refractivity contribution in [2.24, 2.45) is 5.92 Å². The van der Waals surface area contributed by atoms with Gasteiger partial charge in [0.05, 0.1) is 37.0 Å². The van der Waals surface area contributed by atoms with Crippen LogP contribution in [0.2, 0.25) is 0 Å². The molecule has 0 unspecified atom stereocenters. The minimum Gasteiger partial charge on any atom is -0.384 e. The van der Waals surface area contributed by atoms with E-state index in [1.807, 2.05) is 53.2 Å². The lowest BCUT2D eigenvalue weighted by Gasteiger charge is -2.26. The summed E-state index contributed by atoms with van der Waals surface area (Å²) in [5.74, 6) is 0.509. The molecule has 0 saturated carbocycles. The first-order valence-electron chi connectivity index (χ1n) is 9.51. The topological polar surface area (TPSA) is 73.5 Å². The third-order valence-corrected chi connectivity index (χ3v) is 5.16. The predicted octanol–water partition coefficient (Wildman–Crippen LogP) is 2.35. The molecule has 1 fully saturated rings. The smallest absolute Gasteiger partial charge is 0.276 e. The van der Waals surface area contributed by atoms with Crippen molar-refractivity contribution in [1.29, 1.82) is 0 Å². The molecule has 28 heavy (non-hydrogen) atoms. The fraction of sp³-hybridized carbons (Fsp3) is 0.286. The number of anilines is 1. The lowest BCUT2D eigenvalue weighted by molar-refractivity contribution is -0.0248. The van der Waals surface area contributed by atoms with Gasteiger partial charge in [-0.25, -0.2) is 9.67 Å². The van der Waals surface area contributed by atoms with Crippen LogP contribution in [0.5, 0.6) is 0 Å². The number of hydrogen-bond donors (Lipinski definition) is 1. The number of fused-ring (bicyclic) bond motifs is 2. The summed E-state index contributed by atoms with van der Waals surface area (Å²) in [6.07, 6.45) is 6.37. The van der Waals surface area contributed by atoms with Gasteiger partial charge in [0.1, 0.15) is 5.65 Å². The zero-order valence-electron chi connectivity index (χ0n) is 15.4. The molecule has 7 heteroatoms. The summed E-state index contributed by atoms with van der Waals surface area (Å²) in [4.78, 5) is 17.7. The van der Waals surface area contributed by atoms with Crippen LogP contribution in [0.25, 0.3) is 16.4 Å². The SMILES string of the molecule is O=c1c2c(NCC3COC3)cccc2cnn1CCc1cn2ccccc2n1. The molecule has 142 valence electrons. The molecular weight excluding hydrogens is 354 g/mol. The Morgan fingerprint density at radius 1 is 1.18 bits per heavy atom. The number of nitrogens with zero attached hydrogens (tertiary/aromatic N) is 4. The van der Waals surface area contributed by atoms with Gasteiger partial charge in [-0.3, -0.25) is 4.79 Å². The Kier molecular flexibility index (Phi) is 4.29. The van der Waals surface area contributed by atoms with Crippen LogP contribution in [0.3, 0.4) is 0 Å². The molecule has 5 rings (SSSR count). The third kappa shape index (κ3) is 3.14. The minimum atomic E-state index is -0.0748. The van der Waals surface area contributed by atoms with Gasteiger partial charge in [-0.05, 0) is 18.2 Å². The van der Waals surface area contributed by atoms with E-state index in [0.29, 0.717) is 24.3 Å². The Morgan fingerprint density at radius 2 is 2.11 bits per heavy atom. The minimum absolute atomic E-state index is 0.0748. The van der Waals surface area contributed by atoms with Crippen molar-refractivity contribution in [3.63, 3.8) is 0 Å². The van der Waals surface area contributed by atoms with Gasteiger partial charge in [-0.15, -0.1) is 0 Å². The first-order chi connectivity index (χ1) is 13.8. The summed E-state index contributed by atoms with van der Waals surface area (Å²) < 4.78 is 8.74. The predicted molar refractivity (Wildman–Crippen MR) is 108 cm³/mol. The van der Waals surface area contributed by atoms with E-state index in [2.05, 4.69) is 15.4 Å². The quantitative estimate of drug-likeness (QED) is 0.560. The highest BCUT2D eigenvalue weighted by atomic mass is 16.5. The average Bonchev–Trinajstić information content (AvgIpc) is 3.09. The van der Waals surface area contributed by atoms with E-state index in [0.717, 1.165) is 42.2 Å². The Bertz CT molecular complexity index is 1160. The number of nitrogens with one attached hydrogen (secondary N) is 1. The summed E-state index contributed by atoms with van der Waals surface area (Å²) in [5, 5.41) is 9.31. The molecule has 1 saturated heterocycles. The first kappa shape index (κ1) is 16.9. The standard InChI is InChI=1S/C21H21N5O2/c27-21-20-16(4-3-5-18(20)22-10-15-13-28-14-15)11-23-26(21)9-7-17-12-25-8-2-1-6-19(25)24-17/h1-6,8,11-12,15,22H,7,9-10,13-14H2. The van der Waals surface area contributed by atoms with Crippen LogP contribution in [0.15, 0.2) is 59.8 Å². The van der Waals surface area contributed by atoms with Gasteiger partial charge in [0.2, 0.25) is 0 Å². The fourth-order valence-corrected chi connectivity index (χ4v) is 3.52. The Balaban J connectivity index is 1.40. The number of rotatable bonds is 6. The van der Waals surface area contributed by atoms with E-state index < -0.39 is 0 Å². The van der Waals surface area contributed by atoms with Crippen molar-refractivity contribution in [3.05, 3.63) is 71.0 Å². The van der Waals surface area contributed by atoms with Crippen LogP contribution in [-0.4, -0.2) is 38.9 Å². The zero-order chi connectivity index (χ0) is 18.9. The van der Waals surface area contributed by atoms with E-state index >= 15 is 0 Å². The van der Waals surface area contributed by atoms with Crippen LogP contribution in [0.1, 0.15) is 5.69 Å². The first-order valence-corrected chi connectivity index (χ1v) is 9.51. The highest BCUT2D eigenvalue weighted by molar-refractivity contribution is 5.92. The van der Waals surface area contributed by atoms with Gasteiger partial charge in [0.15, 0.2) is 0 Å². The second-order valence-electron chi connectivity index (χ2n) is 7.18. The highest BCUT2D eigenvalue weighted by Crippen LogP contribution is 2.20. The van der Waals surface area contributed by atoms with Gasteiger partial charge in [-0.1, -0.05) is 18.2 Å². The lowest BCUT2D eigenvalue weighted by atomic mass is 10.1. The van der Waals surface area contributed by atoms with Gasteiger partial charge in [0.25, 0.3) is 5.56 Å². The van der Waals surface area contributed by atoms with Crippen LogP contribution < -0.4 is 10.9 Å². The summed E-state index contributed by atoms with van der Waals surface area (Å²) in [6, 6.07) is 11.7. The van der Waals surface area contributed by atoms with Crippen molar-refractivity contribution in [2.45, 2.75) is 13.0 Å². The fourth-order valence-electron chi connectivity index (χ4n) is 3.52. The molecule has 1 N–H and O–H groups in total. The molecule has 0 amide bonds. The molecule has 0 aliphatic carbocycles. The number of aromatic nitrogens is 4. The average molecular weight is 375 g/mol. The lowest BCUT2D eigenvalue weighted by Crippen LogP contribution is -2.33. The van der Waals surface area contributed by atoms with Crippen LogP contribution in [0.4, 0.5) is 5.69 Å². The zero-order valence-corrected chi connectivity index (χ0v) is 15.4. The summed E-state index contributed by atoms with van der Waals surface area (Å²) in [5.41, 5.74) is 2.63.